The molecule has 0 spiro atoms. The molecular weight excluding hydrogens is 288 g/mol. The van der Waals surface area contributed by atoms with Gasteiger partial charge in [-0.15, -0.1) is 0 Å². The molecule has 0 bridgehead atoms. The van der Waals surface area contributed by atoms with E-state index >= 15 is 0 Å². The fourth-order valence-corrected chi connectivity index (χ4v) is 2.92. The Bertz CT molecular complexity index is 560. The average Bonchev–Trinajstić information content (AvgIpc) is 2.38. The van der Waals surface area contributed by atoms with Gasteiger partial charge in [-0.3, -0.25) is 0 Å². The Labute approximate surface area is 116 Å². The molecule has 0 aliphatic carbocycles. The second-order valence-electron chi connectivity index (χ2n) is 5.28. The highest BCUT2D eigenvalue weighted by atomic mass is 32.2. The van der Waals surface area contributed by atoms with Crippen molar-refractivity contribution in [3.8, 4) is 0 Å². The Morgan fingerprint density at radius 3 is 2.15 bits per heavy atom. The molecule has 1 aromatic carbocycles. The summed E-state index contributed by atoms with van der Waals surface area (Å²) in [5, 5.41) is 9.86. The van der Waals surface area contributed by atoms with Crippen molar-refractivity contribution in [1.82, 2.24) is 0 Å². The predicted molar refractivity (Wildman–Crippen MR) is 71.7 cm³/mol. The normalized spacial score (nSPS) is 19.4. The summed E-state index contributed by atoms with van der Waals surface area (Å²) >= 11 is 0. The number of hydrogen-bond acceptors (Lipinski definition) is 4. The van der Waals surface area contributed by atoms with Gasteiger partial charge in [0.2, 0.25) is 9.84 Å². The number of rotatable bonds is 3. The van der Waals surface area contributed by atoms with Crippen LogP contribution in [-0.2, 0) is 9.84 Å². The summed E-state index contributed by atoms with van der Waals surface area (Å²) in [5.41, 5.74) is 0.101. The molecule has 1 aliphatic rings. The van der Waals surface area contributed by atoms with E-state index in [1.54, 1.807) is 6.92 Å². The van der Waals surface area contributed by atoms with Gasteiger partial charge in [-0.25, -0.2) is 8.42 Å². The number of sulfone groups is 1. The molecule has 1 heterocycles. The summed E-state index contributed by atoms with van der Waals surface area (Å²) in [4.78, 5) is 1.62. The zero-order valence-corrected chi connectivity index (χ0v) is 11.9. The SMILES string of the molecule is CC1(O)CCN(c2ccc(S(=O)(=O)C(F)F)cc2)CC1. The molecule has 0 aromatic heterocycles. The van der Waals surface area contributed by atoms with Crippen LogP contribution in [0.5, 0.6) is 0 Å². The Balaban J connectivity index is 2.14. The first kappa shape index (κ1) is 15.2. The lowest BCUT2D eigenvalue weighted by molar-refractivity contribution is 0.0351. The van der Waals surface area contributed by atoms with E-state index in [9.17, 15) is 22.3 Å². The first-order valence-corrected chi connectivity index (χ1v) is 7.86. The van der Waals surface area contributed by atoms with E-state index in [-0.39, 0.29) is 4.90 Å². The fraction of sp³-hybridized carbons (Fsp3) is 0.538. The smallest absolute Gasteiger partial charge is 0.341 e. The molecule has 1 aromatic rings. The number of hydrogen-bond donors (Lipinski definition) is 1. The molecule has 0 atom stereocenters. The molecule has 1 N–H and O–H groups in total. The lowest BCUT2D eigenvalue weighted by atomic mass is 9.93. The van der Waals surface area contributed by atoms with Gasteiger partial charge in [-0.1, -0.05) is 0 Å². The van der Waals surface area contributed by atoms with Gasteiger partial charge in [0, 0.05) is 18.8 Å². The minimum atomic E-state index is -4.53. The highest BCUT2D eigenvalue weighted by Gasteiger charge is 2.29. The summed E-state index contributed by atoms with van der Waals surface area (Å²) < 4.78 is 47.4. The Hall–Kier alpha value is -1.21. The number of aliphatic hydroxyl groups is 1. The van der Waals surface area contributed by atoms with Crippen molar-refractivity contribution in [1.29, 1.82) is 0 Å². The first-order chi connectivity index (χ1) is 9.22. The standard InChI is InChI=1S/C13H17F2NO3S/c1-13(17)6-8-16(9-7-13)10-2-4-11(5-3-10)20(18,19)12(14)15/h2-5,12,17H,6-9H2,1H3. The van der Waals surface area contributed by atoms with Gasteiger partial charge < -0.3 is 10.0 Å². The van der Waals surface area contributed by atoms with E-state index in [0.29, 0.717) is 25.9 Å². The van der Waals surface area contributed by atoms with Gasteiger partial charge in [0.15, 0.2) is 0 Å². The molecule has 20 heavy (non-hydrogen) atoms. The van der Waals surface area contributed by atoms with Gasteiger partial charge in [0.25, 0.3) is 0 Å². The molecule has 1 saturated heterocycles. The van der Waals surface area contributed by atoms with Crippen LogP contribution in [0, 0.1) is 0 Å². The summed E-state index contributed by atoms with van der Waals surface area (Å²) in [6.45, 7) is 3.07. The molecule has 112 valence electrons. The van der Waals surface area contributed by atoms with Crippen molar-refractivity contribution in [2.24, 2.45) is 0 Å². The average molecular weight is 305 g/mol. The molecule has 4 nitrogen and oxygen atoms in total. The summed E-state index contributed by atoms with van der Waals surface area (Å²) in [5.74, 6) is -3.40. The van der Waals surface area contributed by atoms with Crippen LogP contribution in [0.3, 0.4) is 0 Å². The number of anilines is 1. The van der Waals surface area contributed by atoms with Crippen LogP contribution < -0.4 is 4.90 Å². The largest absolute Gasteiger partial charge is 0.390 e. The third-order valence-corrected chi connectivity index (χ3v) is 5.00. The maximum absolute atomic E-state index is 12.4. The van der Waals surface area contributed by atoms with Crippen LogP contribution in [-0.4, -0.2) is 38.0 Å². The van der Waals surface area contributed by atoms with E-state index in [2.05, 4.69) is 0 Å². The van der Waals surface area contributed by atoms with Crippen LogP contribution in [0.1, 0.15) is 19.8 Å². The Morgan fingerprint density at radius 1 is 1.20 bits per heavy atom. The van der Waals surface area contributed by atoms with Crippen LogP contribution in [0.15, 0.2) is 29.2 Å². The van der Waals surface area contributed by atoms with Gasteiger partial charge >= 0.3 is 5.76 Å². The van der Waals surface area contributed by atoms with E-state index in [4.69, 9.17) is 0 Å². The number of halogens is 2. The molecule has 1 aliphatic heterocycles. The van der Waals surface area contributed by atoms with Gasteiger partial charge in [0.1, 0.15) is 0 Å². The molecule has 0 saturated carbocycles. The predicted octanol–water partition coefficient (Wildman–Crippen LogP) is 2.03. The third kappa shape index (κ3) is 3.09. The van der Waals surface area contributed by atoms with Crippen molar-refractivity contribution < 1.29 is 22.3 Å². The van der Waals surface area contributed by atoms with Crippen molar-refractivity contribution in [3.63, 3.8) is 0 Å². The zero-order valence-electron chi connectivity index (χ0n) is 11.1. The lowest BCUT2D eigenvalue weighted by Gasteiger charge is -2.37. The van der Waals surface area contributed by atoms with E-state index < -0.39 is 21.2 Å². The summed E-state index contributed by atoms with van der Waals surface area (Å²) in [6.07, 6.45) is 1.23. The molecule has 2 rings (SSSR count). The molecule has 1 fully saturated rings. The van der Waals surface area contributed by atoms with Crippen molar-refractivity contribution >= 4 is 15.5 Å². The molecular formula is C13H17F2NO3S. The maximum atomic E-state index is 12.4. The summed E-state index contributed by atoms with van der Waals surface area (Å²) in [6, 6.07) is 5.44. The van der Waals surface area contributed by atoms with E-state index in [1.807, 2.05) is 4.90 Å². The van der Waals surface area contributed by atoms with Crippen LogP contribution in [0.25, 0.3) is 0 Å². The highest BCUT2D eigenvalue weighted by molar-refractivity contribution is 7.91. The molecule has 0 amide bonds. The topological polar surface area (TPSA) is 57.6 Å². The van der Waals surface area contributed by atoms with Crippen LogP contribution in [0.2, 0.25) is 0 Å². The zero-order chi connectivity index (χ0) is 15.0. The highest BCUT2D eigenvalue weighted by Crippen LogP contribution is 2.27. The Morgan fingerprint density at radius 2 is 1.70 bits per heavy atom. The monoisotopic (exact) mass is 305 g/mol. The maximum Gasteiger partial charge on any atom is 0.341 e. The minimum Gasteiger partial charge on any atom is -0.390 e. The quantitative estimate of drug-likeness (QED) is 0.928. The second-order valence-corrected chi connectivity index (χ2v) is 7.20. The number of benzene rings is 1. The number of alkyl halides is 2. The van der Waals surface area contributed by atoms with E-state index in [0.717, 1.165) is 5.69 Å². The molecule has 7 heteroatoms. The van der Waals surface area contributed by atoms with Gasteiger partial charge in [-0.2, -0.15) is 8.78 Å². The second kappa shape index (κ2) is 5.29. The lowest BCUT2D eigenvalue weighted by Crippen LogP contribution is -2.42. The number of piperidine rings is 1. The number of nitrogens with zero attached hydrogens (tertiary/aromatic N) is 1. The van der Waals surface area contributed by atoms with Crippen molar-refractivity contribution in [3.05, 3.63) is 24.3 Å². The third-order valence-electron chi connectivity index (χ3n) is 3.61. The van der Waals surface area contributed by atoms with Crippen molar-refractivity contribution in [2.75, 3.05) is 18.0 Å². The van der Waals surface area contributed by atoms with Gasteiger partial charge in [-0.05, 0) is 44.0 Å². The van der Waals surface area contributed by atoms with Crippen molar-refractivity contribution in [2.45, 2.75) is 36.0 Å². The van der Waals surface area contributed by atoms with Crippen LogP contribution in [0.4, 0.5) is 14.5 Å². The molecule has 0 unspecified atom stereocenters. The first-order valence-electron chi connectivity index (χ1n) is 6.32. The molecule has 0 radical (unpaired) electrons. The Kier molecular flexibility index (Phi) is 4.02. The minimum absolute atomic E-state index is 0.375. The fourth-order valence-electron chi connectivity index (χ4n) is 2.20. The van der Waals surface area contributed by atoms with Crippen LogP contribution >= 0.6 is 0 Å². The van der Waals surface area contributed by atoms with E-state index in [1.165, 1.54) is 24.3 Å². The summed E-state index contributed by atoms with van der Waals surface area (Å²) in [7, 11) is -4.53. The van der Waals surface area contributed by atoms with Gasteiger partial charge in [0.05, 0.1) is 10.5 Å².